The van der Waals surface area contributed by atoms with Crippen molar-refractivity contribution in [1.29, 1.82) is 0 Å². The van der Waals surface area contributed by atoms with Gasteiger partial charge in [-0.15, -0.1) is 0 Å². The van der Waals surface area contributed by atoms with Crippen molar-refractivity contribution in [3.8, 4) is 35.2 Å². The average molecular weight is 704 g/mol. The second-order valence-corrected chi connectivity index (χ2v) is 12.6. The monoisotopic (exact) mass is 703 g/mol. The molecule has 0 atom stereocenters. The average Bonchev–Trinajstić information content (AvgIpc) is 3.18. The molecule has 0 radical (unpaired) electrons. The number of carbonyl (C=O) groups excluding carboxylic acids is 2. The lowest BCUT2D eigenvalue weighted by Crippen LogP contribution is -2.13. The summed E-state index contributed by atoms with van der Waals surface area (Å²) in [5, 5.41) is 5.69. The Balaban J connectivity index is 1.13. The summed E-state index contributed by atoms with van der Waals surface area (Å²) < 4.78 is 11.8. The molecule has 10 bridgehead atoms. The lowest BCUT2D eigenvalue weighted by Gasteiger charge is -2.08. The number of rotatable bonds is 0. The number of carbonyl (C=O) groups is 2. The van der Waals surface area contributed by atoms with Gasteiger partial charge in [-0.1, -0.05) is 63.1 Å². The van der Waals surface area contributed by atoms with E-state index in [9.17, 15) is 9.59 Å². The van der Waals surface area contributed by atoms with Crippen LogP contribution >= 0.6 is 0 Å². The first kappa shape index (κ1) is 36.3. The van der Waals surface area contributed by atoms with E-state index in [4.69, 9.17) is 9.47 Å². The van der Waals surface area contributed by atoms with E-state index in [1.165, 1.54) is 32.1 Å². The third-order valence-corrected chi connectivity index (χ3v) is 8.43. The van der Waals surface area contributed by atoms with Crippen LogP contribution < -0.4 is 20.1 Å². The largest absolute Gasteiger partial charge is 0.494 e. The van der Waals surface area contributed by atoms with Gasteiger partial charge in [-0.05, 0) is 121 Å². The third-order valence-electron chi connectivity index (χ3n) is 8.43. The predicted molar refractivity (Wildman–Crippen MR) is 206 cm³/mol. The number of aromatic nitrogens is 3. The second kappa shape index (κ2) is 19.2. The molecule has 53 heavy (non-hydrogen) atoms. The molecule has 4 aliphatic rings. The van der Waals surface area contributed by atoms with Crippen molar-refractivity contribution in [3.05, 3.63) is 137 Å². The number of anilines is 2. The second-order valence-electron chi connectivity index (χ2n) is 12.6. The van der Waals surface area contributed by atoms with E-state index in [0.717, 1.165) is 37.2 Å². The quantitative estimate of drug-likeness (QED) is 0.156. The molecule has 2 N–H and O–H groups in total. The minimum absolute atomic E-state index is 0.272. The highest BCUT2D eigenvalue weighted by Crippen LogP contribution is 2.17. The Morgan fingerprint density at radius 3 is 1.15 bits per heavy atom. The Kier molecular flexibility index (Phi) is 13.2. The van der Waals surface area contributed by atoms with Gasteiger partial charge in [0.15, 0.2) is 0 Å². The normalized spacial score (nSPS) is 14.6. The highest BCUT2D eigenvalue weighted by Gasteiger charge is 2.09. The molecule has 0 fully saturated rings. The van der Waals surface area contributed by atoms with E-state index in [-0.39, 0.29) is 11.8 Å². The maximum atomic E-state index is 12.9. The highest BCUT2D eigenvalue weighted by atomic mass is 16.5. The SMILES string of the molecule is O=C1Nc2cccc(n2)C#Cc2cccc(n2)C#Cc2cccc(n2)NC(=O)c2ccc(cc2)OCCCCCCCCCCCOc2ccc1cc2. The van der Waals surface area contributed by atoms with Gasteiger partial charge in [0.1, 0.15) is 45.9 Å². The summed E-state index contributed by atoms with van der Waals surface area (Å²) in [7, 11) is 0. The lowest BCUT2D eigenvalue weighted by atomic mass is 10.1. The lowest BCUT2D eigenvalue weighted by molar-refractivity contribution is 0.101. The van der Waals surface area contributed by atoms with Gasteiger partial charge in [-0.25, -0.2) is 15.0 Å². The Morgan fingerprint density at radius 1 is 0.415 bits per heavy atom. The van der Waals surface area contributed by atoms with Gasteiger partial charge in [-0.2, -0.15) is 0 Å². The van der Waals surface area contributed by atoms with Crippen LogP contribution in [0.4, 0.5) is 11.6 Å². The Hall–Kier alpha value is -6.45. The standard InChI is InChI=1S/C44H41N5O4/c50-43-33-19-27-39(28-20-33)52-31-8-6-4-2-1-3-5-7-9-32-53-40-29-21-34(22-30-40)44(51)49-42-18-12-16-38(47-42)26-24-36-14-10-13-35(45-36)23-25-37-15-11-17-41(46-37)48-43/h10-22,27-30H,1-9,31-32H2,(H,46,48,50)(H,47,49,51). The van der Waals surface area contributed by atoms with E-state index in [2.05, 4.69) is 49.3 Å². The molecule has 9 rings (SSSR count). The number of nitrogens with zero attached hydrogens (tertiary/aromatic N) is 3. The van der Waals surface area contributed by atoms with E-state index >= 15 is 0 Å². The molecule has 9 heteroatoms. The molecule has 2 amide bonds. The van der Waals surface area contributed by atoms with Crippen LogP contribution in [0.3, 0.4) is 0 Å². The number of hydrogen-bond acceptors (Lipinski definition) is 7. The molecule has 0 saturated heterocycles. The van der Waals surface area contributed by atoms with Gasteiger partial charge in [0, 0.05) is 11.1 Å². The van der Waals surface area contributed by atoms with Gasteiger partial charge in [0.05, 0.1) is 13.2 Å². The summed E-state index contributed by atoms with van der Waals surface area (Å²) in [5.41, 5.74) is 2.98. The number of nitrogens with one attached hydrogen (secondary N) is 2. The molecule has 266 valence electrons. The smallest absolute Gasteiger partial charge is 0.256 e. The van der Waals surface area contributed by atoms with Crippen LogP contribution in [0, 0.1) is 23.7 Å². The molecule has 0 spiro atoms. The number of ether oxygens (including phenoxy) is 2. The Morgan fingerprint density at radius 2 is 0.755 bits per heavy atom. The van der Waals surface area contributed by atoms with E-state index < -0.39 is 0 Å². The first-order valence-electron chi connectivity index (χ1n) is 18.1. The van der Waals surface area contributed by atoms with Crippen LogP contribution in [0.15, 0.2) is 103 Å². The molecular weight excluding hydrogens is 663 g/mol. The summed E-state index contributed by atoms with van der Waals surface area (Å²) in [4.78, 5) is 39.4. The zero-order chi connectivity index (χ0) is 36.5. The molecular formula is C44H41N5O4. The number of benzene rings is 2. The van der Waals surface area contributed by atoms with Crippen LogP contribution in [0.5, 0.6) is 11.5 Å². The van der Waals surface area contributed by atoms with Crippen molar-refractivity contribution in [2.75, 3.05) is 23.8 Å². The van der Waals surface area contributed by atoms with Crippen molar-refractivity contribution >= 4 is 23.5 Å². The van der Waals surface area contributed by atoms with Crippen molar-refractivity contribution in [2.45, 2.75) is 57.8 Å². The van der Waals surface area contributed by atoms with Crippen LogP contribution in [0.2, 0.25) is 0 Å². The van der Waals surface area contributed by atoms with Crippen LogP contribution in [0.25, 0.3) is 0 Å². The number of amides is 2. The fraction of sp³-hybridized carbons (Fsp3) is 0.250. The molecule has 0 unspecified atom stereocenters. The van der Waals surface area contributed by atoms with Crippen LogP contribution in [-0.2, 0) is 0 Å². The molecule has 0 saturated carbocycles. The van der Waals surface area contributed by atoms with Crippen molar-refractivity contribution < 1.29 is 19.1 Å². The first-order chi connectivity index (χ1) is 26.1. The fourth-order valence-electron chi connectivity index (χ4n) is 5.58. The van der Waals surface area contributed by atoms with Gasteiger partial charge in [0.25, 0.3) is 11.8 Å². The van der Waals surface area contributed by atoms with E-state index in [1.807, 2.05) is 30.3 Å². The summed E-state index contributed by atoms with van der Waals surface area (Å²) in [6.07, 6.45) is 10.3. The number of pyridine rings is 3. The maximum absolute atomic E-state index is 12.9. The fourth-order valence-corrected chi connectivity index (χ4v) is 5.58. The summed E-state index contributed by atoms with van der Waals surface area (Å²) >= 11 is 0. The summed E-state index contributed by atoms with van der Waals surface area (Å²) in [6, 6.07) is 30.2. The Bertz CT molecular complexity index is 1980. The van der Waals surface area contributed by atoms with Crippen molar-refractivity contribution in [1.82, 2.24) is 15.0 Å². The maximum Gasteiger partial charge on any atom is 0.256 e. The van der Waals surface area contributed by atoms with Crippen molar-refractivity contribution in [2.24, 2.45) is 0 Å². The minimum atomic E-state index is -0.272. The van der Waals surface area contributed by atoms with Crippen LogP contribution in [0.1, 0.15) is 101 Å². The molecule has 2 aromatic carbocycles. The van der Waals surface area contributed by atoms with Gasteiger partial charge >= 0.3 is 0 Å². The topological polar surface area (TPSA) is 115 Å². The molecule has 5 aromatic rings. The van der Waals surface area contributed by atoms with Crippen molar-refractivity contribution in [3.63, 3.8) is 0 Å². The molecule has 0 aliphatic carbocycles. The molecule has 3 aromatic heterocycles. The third kappa shape index (κ3) is 11.8. The first-order valence-corrected chi connectivity index (χ1v) is 18.1. The predicted octanol–water partition coefficient (Wildman–Crippen LogP) is 8.46. The van der Waals surface area contributed by atoms with Gasteiger partial charge in [-0.3, -0.25) is 9.59 Å². The molecule has 9 nitrogen and oxygen atoms in total. The van der Waals surface area contributed by atoms with Crippen LogP contribution in [-0.4, -0.2) is 40.0 Å². The molecule has 7 heterocycles. The molecule has 4 aliphatic heterocycles. The van der Waals surface area contributed by atoms with E-state index in [0.29, 0.717) is 58.8 Å². The zero-order valence-corrected chi connectivity index (χ0v) is 29.6. The number of hydrogen-bond donors (Lipinski definition) is 2. The minimum Gasteiger partial charge on any atom is -0.494 e. The summed E-state index contributed by atoms with van der Waals surface area (Å²) in [5.74, 6) is 13.8. The van der Waals surface area contributed by atoms with Gasteiger partial charge in [0.2, 0.25) is 0 Å². The highest BCUT2D eigenvalue weighted by molar-refractivity contribution is 6.04. The van der Waals surface area contributed by atoms with Gasteiger partial charge < -0.3 is 20.1 Å². The summed E-state index contributed by atoms with van der Waals surface area (Å²) in [6.45, 7) is 1.30. The van der Waals surface area contributed by atoms with E-state index in [1.54, 1.807) is 72.8 Å². The Labute approximate surface area is 310 Å². The zero-order valence-electron chi connectivity index (χ0n) is 29.6.